The van der Waals surface area contributed by atoms with Crippen molar-refractivity contribution in [3.05, 3.63) is 94.3 Å². The molecule has 1 heterocycles. The lowest BCUT2D eigenvalue weighted by Gasteiger charge is -2.16. The highest BCUT2D eigenvalue weighted by molar-refractivity contribution is 5.78. The SMILES string of the molecule is Cc1cc2nc(C(O)c3ccccc3)n(CCOc3c(C)cccc3C)c2cc1C. The summed E-state index contributed by atoms with van der Waals surface area (Å²) < 4.78 is 8.24. The van der Waals surface area contributed by atoms with Crippen LogP contribution in [0, 0.1) is 27.7 Å². The summed E-state index contributed by atoms with van der Waals surface area (Å²) in [5, 5.41) is 11.1. The van der Waals surface area contributed by atoms with Crippen molar-refractivity contribution >= 4 is 11.0 Å². The zero-order valence-electron chi connectivity index (χ0n) is 18.0. The molecule has 0 aliphatic rings. The minimum Gasteiger partial charge on any atom is -0.491 e. The van der Waals surface area contributed by atoms with Crippen molar-refractivity contribution in [2.45, 2.75) is 40.3 Å². The second-order valence-electron chi connectivity index (χ2n) is 7.93. The number of aromatic nitrogens is 2. The third kappa shape index (κ3) is 3.83. The number of fused-ring (bicyclic) bond motifs is 1. The Morgan fingerprint density at radius 2 is 1.53 bits per heavy atom. The van der Waals surface area contributed by atoms with Gasteiger partial charge in [-0.05, 0) is 67.6 Å². The molecule has 0 radical (unpaired) electrons. The van der Waals surface area contributed by atoms with E-state index >= 15 is 0 Å². The first kappa shape index (κ1) is 20.2. The van der Waals surface area contributed by atoms with E-state index in [1.165, 1.54) is 11.1 Å². The maximum absolute atomic E-state index is 11.1. The molecule has 0 spiro atoms. The molecule has 4 nitrogen and oxygen atoms in total. The van der Waals surface area contributed by atoms with Crippen LogP contribution in [0.3, 0.4) is 0 Å². The summed E-state index contributed by atoms with van der Waals surface area (Å²) in [6.45, 7) is 9.42. The Bertz CT molecular complexity index is 1160. The normalized spacial score (nSPS) is 12.3. The lowest BCUT2D eigenvalue weighted by Crippen LogP contribution is -2.15. The number of aliphatic hydroxyl groups excluding tert-OH is 1. The zero-order valence-corrected chi connectivity index (χ0v) is 18.0. The maximum Gasteiger partial charge on any atom is 0.143 e. The van der Waals surface area contributed by atoms with Crippen LogP contribution >= 0.6 is 0 Å². The lowest BCUT2D eigenvalue weighted by molar-refractivity contribution is 0.201. The molecule has 0 bridgehead atoms. The maximum atomic E-state index is 11.1. The van der Waals surface area contributed by atoms with Crippen LogP contribution in [0.1, 0.15) is 39.7 Å². The van der Waals surface area contributed by atoms with E-state index in [1.807, 2.05) is 36.4 Å². The van der Waals surface area contributed by atoms with Crippen molar-refractivity contribution in [2.75, 3.05) is 6.61 Å². The van der Waals surface area contributed by atoms with Crippen molar-refractivity contribution in [3.63, 3.8) is 0 Å². The number of ether oxygens (including phenoxy) is 1. The quantitative estimate of drug-likeness (QED) is 0.469. The highest BCUT2D eigenvalue weighted by Gasteiger charge is 2.20. The molecule has 0 saturated heterocycles. The van der Waals surface area contributed by atoms with Gasteiger partial charge in [0.2, 0.25) is 0 Å². The Labute approximate surface area is 177 Å². The summed E-state index contributed by atoms with van der Waals surface area (Å²) in [4.78, 5) is 4.81. The van der Waals surface area contributed by atoms with E-state index in [-0.39, 0.29) is 0 Å². The number of para-hydroxylation sites is 1. The molecule has 0 amide bonds. The number of imidazole rings is 1. The van der Waals surface area contributed by atoms with E-state index in [2.05, 4.69) is 56.5 Å². The van der Waals surface area contributed by atoms with E-state index in [9.17, 15) is 5.11 Å². The second-order valence-corrected chi connectivity index (χ2v) is 7.93. The van der Waals surface area contributed by atoms with Gasteiger partial charge in [0.25, 0.3) is 0 Å². The van der Waals surface area contributed by atoms with Gasteiger partial charge in [-0.2, -0.15) is 0 Å². The van der Waals surface area contributed by atoms with Crippen LogP contribution in [0.2, 0.25) is 0 Å². The molecule has 3 aromatic carbocycles. The summed E-state index contributed by atoms with van der Waals surface area (Å²) in [5.74, 6) is 1.57. The molecule has 4 heteroatoms. The van der Waals surface area contributed by atoms with Crippen molar-refractivity contribution in [3.8, 4) is 5.75 Å². The number of benzene rings is 3. The minimum absolute atomic E-state index is 0.499. The highest BCUT2D eigenvalue weighted by Crippen LogP contribution is 2.28. The van der Waals surface area contributed by atoms with Crippen LogP contribution in [0.15, 0.2) is 60.7 Å². The number of nitrogens with zero attached hydrogens (tertiary/aromatic N) is 2. The largest absolute Gasteiger partial charge is 0.491 e. The molecule has 1 atom stereocenters. The molecule has 1 N–H and O–H groups in total. The first-order chi connectivity index (χ1) is 14.5. The molecule has 1 aromatic heterocycles. The van der Waals surface area contributed by atoms with Gasteiger partial charge in [0.15, 0.2) is 0 Å². The van der Waals surface area contributed by atoms with Gasteiger partial charge in [-0.3, -0.25) is 0 Å². The van der Waals surface area contributed by atoms with E-state index < -0.39 is 6.10 Å². The number of aryl methyl sites for hydroxylation is 4. The van der Waals surface area contributed by atoms with Gasteiger partial charge in [-0.1, -0.05) is 48.5 Å². The molecule has 0 aliphatic heterocycles. The van der Waals surface area contributed by atoms with Crippen LogP contribution in [-0.2, 0) is 6.54 Å². The Morgan fingerprint density at radius 3 is 2.23 bits per heavy atom. The molecule has 154 valence electrons. The van der Waals surface area contributed by atoms with E-state index in [0.717, 1.165) is 33.5 Å². The molecule has 0 aliphatic carbocycles. The number of hydrogen-bond donors (Lipinski definition) is 1. The molecule has 30 heavy (non-hydrogen) atoms. The molecule has 0 saturated carbocycles. The predicted octanol–water partition coefficient (Wildman–Crippen LogP) is 5.43. The first-order valence-corrected chi connectivity index (χ1v) is 10.3. The van der Waals surface area contributed by atoms with Gasteiger partial charge in [0.05, 0.1) is 17.6 Å². The Balaban J connectivity index is 1.70. The molecular weight excluding hydrogens is 372 g/mol. The van der Waals surface area contributed by atoms with E-state index in [1.54, 1.807) is 0 Å². The van der Waals surface area contributed by atoms with Gasteiger partial charge in [-0.15, -0.1) is 0 Å². The van der Waals surface area contributed by atoms with Crippen molar-refractivity contribution in [2.24, 2.45) is 0 Å². The van der Waals surface area contributed by atoms with Gasteiger partial charge < -0.3 is 14.4 Å². The fourth-order valence-corrected chi connectivity index (χ4v) is 3.89. The van der Waals surface area contributed by atoms with Gasteiger partial charge in [0.1, 0.15) is 24.3 Å². The van der Waals surface area contributed by atoms with Crippen LogP contribution < -0.4 is 4.74 Å². The fourth-order valence-electron chi connectivity index (χ4n) is 3.89. The summed E-state index contributed by atoms with van der Waals surface area (Å²) in [6.07, 6.45) is -0.792. The number of hydrogen-bond acceptors (Lipinski definition) is 3. The summed E-state index contributed by atoms with van der Waals surface area (Å²) in [5.41, 5.74) is 7.41. The average molecular weight is 401 g/mol. The molecule has 4 rings (SSSR count). The smallest absolute Gasteiger partial charge is 0.143 e. The van der Waals surface area contributed by atoms with Crippen molar-refractivity contribution in [1.29, 1.82) is 0 Å². The predicted molar refractivity (Wildman–Crippen MR) is 121 cm³/mol. The summed E-state index contributed by atoms with van der Waals surface area (Å²) in [6, 6.07) is 20.1. The molecule has 1 unspecified atom stereocenters. The summed E-state index contributed by atoms with van der Waals surface area (Å²) >= 11 is 0. The van der Waals surface area contributed by atoms with Crippen LogP contribution in [-0.4, -0.2) is 21.3 Å². The number of rotatable bonds is 6. The van der Waals surface area contributed by atoms with Crippen LogP contribution in [0.25, 0.3) is 11.0 Å². The van der Waals surface area contributed by atoms with Crippen LogP contribution in [0.4, 0.5) is 0 Å². The standard InChI is InChI=1S/C26H28N2O2/c1-17-9-8-10-18(2)25(17)30-14-13-28-23-16-20(4)19(3)15-22(23)27-26(28)24(29)21-11-6-5-7-12-21/h5-12,15-16,24,29H,13-14H2,1-4H3. The Hall–Kier alpha value is -3.11. The molecular formula is C26H28N2O2. The Kier molecular flexibility index (Phi) is 5.60. The van der Waals surface area contributed by atoms with E-state index in [4.69, 9.17) is 9.72 Å². The third-order valence-electron chi connectivity index (χ3n) is 5.72. The molecule has 4 aromatic rings. The van der Waals surface area contributed by atoms with Crippen molar-refractivity contribution < 1.29 is 9.84 Å². The minimum atomic E-state index is -0.792. The average Bonchev–Trinajstić information content (AvgIpc) is 3.08. The topological polar surface area (TPSA) is 47.3 Å². The highest BCUT2D eigenvalue weighted by atomic mass is 16.5. The molecule has 0 fully saturated rings. The van der Waals surface area contributed by atoms with Gasteiger partial charge in [0, 0.05) is 0 Å². The number of aliphatic hydroxyl groups is 1. The second kappa shape index (κ2) is 8.33. The summed E-state index contributed by atoms with van der Waals surface area (Å²) in [7, 11) is 0. The fraction of sp³-hybridized carbons (Fsp3) is 0.269. The van der Waals surface area contributed by atoms with E-state index in [0.29, 0.717) is 19.0 Å². The van der Waals surface area contributed by atoms with Gasteiger partial charge >= 0.3 is 0 Å². The first-order valence-electron chi connectivity index (χ1n) is 10.3. The monoisotopic (exact) mass is 400 g/mol. The van der Waals surface area contributed by atoms with Crippen molar-refractivity contribution in [1.82, 2.24) is 9.55 Å². The lowest BCUT2D eigenvalue weighted by atomic mass is 10.1. The van der Waals surface area contributed by atoms with Crippen LogP contribution in [0.5, 0.6) is 5.75 Å². The van der Waals surface area contributed by atoms with Gasteiger partial charge in [-0.25, -0.2) is 4.98 Å². The Morgan fingerprint density at radius 1 is 0.867 bits per heavy atom. The third-order valence-corrected chi connectivity index (χ3v) is 5.72. The zero-order chi connectivity index (χ0) is 21.3.